The third-order valence-electron chi connectivity index (χ3n) is 7.82. The Balaban J connectivity index is 1.20. The number of aliphatic hydroxyl groups is 1. The van der Waals surface area contributed by atoms with Crippen LogP contribution in [0.4, 0.5) is 4.39 Å². The number of alkyl halides is 1. The molecule has 3 aliphatic rings. The third-order valence-corrected chi connectivity index (χ3v) is 7.82. The number of aliphatic hydroxyl groups excluding tert-OH is 1. The molecule has 0 spiro atoms. The van der Waals surface area contributed by atoms with Crippen molar-refractivity contribution < 1.29 is 14.2 Å². The molecule has 0 bridgehead atoms. The van der Waals surface area contributed by atoms with Crippen LogP contribution >= 0.6 is 0 Å². The third kappa shape index (κ3) is 6.95. The minimum absolute atomic E-state index is 0.100. The SMILES string of the molecule is CC1CC(O)CCN1CCCCCOCC1CCC(C2CCCCC2)CC1F. The number of piperidine rings is 1. The number of nitrogens with zero attached hydrogens (tertiary/aromatic N) is 1. The minimum Gasteiger partial charge on any atom is -0.393 e. The van der Waals surface area contributed by atoms with Gasteiger partial charge in [0.2, 0.25) is 0 Å². The van der Waals surface area contributed by atoms with Gasteiger partial charge in [-0.25, -0.2) is 4.39 Å². The van der Waals surface area contributed by atoms with Crippen molar-refractivity contribution in [2.24, 2.45) is 17.8 Å². The molecule has 0 aromatic carbocycles. The van der Waals surface area contributed by atoms with Crippen molar-refractivity contribution in [1.29, 1.82) is 0 Å². The van der Waals surface area contributed by atoms with E-state index in [0.717, 1.165) is 57.7 Å². The van der Waals surface area contributed by atoms with E-state index >= 15 is 0 Å². The van der Waals surface area contributed by atoms with Crippen LogP contribution in [0.1, 0.15) is 90.4 Å². The summed E-state index contributed by atoms with van der Waals surface area (Å²) in [5.41, 5.74) is 0. The monoisotopic (exact) mass is 397 g/mol. The number of ether oxygens (including phenoxy) is 1. The molecular formula is C24H44FNO2. The van der Waals surface area contributed by atoms with Crippen molar-refractivity contribution in [3.63, 3.8) is 0 Å². The molecule has 1 aliphatic heterocycles. The van der Waals surface area contributed by atoms with Crippen molar-refractivity contribution in [3.8, 4) is 0 Å². The van der Waals surface area contributed by atoms with E-state index in [1.807, 2.05) is 0 Å². The summed E-state index contributed by atoms with van der Waals surface area (Å²) < 4.78 is 20.5. The van der Waals surface area contributed by atoms with Gasteiger partial charge in [0.25, 0.3) is 0 Å². The van der Waals surface area contributed by atoms with Crippen LogP contribution in [0.2, 0.25) is 0 Å². The van der Waals surface area contributed by atoms with Crippen molar-refractivity contribution in [2.75, 3.05) is 26.3 Å². The van der Waals surface area contributed by atoms with E-state index in [4.69, 9.17) is 4.74 Å². The maximum absolute atomic E-state index is 14.6. The van der Waals surface area contributed by atoms with Crippen molar-refractivity contribution in [3.05, 3.63) is 0 Å². The number of hydrogen-bond acceptors (Lipinski definition) is 3. The molecule has 4 heteroatoms. The zero-order valence-electron chi connectivity index (χ0n) is 18.2. The first-order valence-corrected chi connectivity index (χ1v) is 12.3. The maximum atomic E-state index is 14.6. The van der Waals surface area contributed by atoms with Gasteiger partial charge in [-0.2, -0.15) is 0 Å². The highest BCUT2D eigenvalue weighted by molar-refractivity contribution is 4.85. The first-order chi connectivity index (χ1) is 13.6. The molecule has 164 valence electrons. The van der Waals surface area contributed by atoms with Gasteiger partial charge in [-0.1, -0.05) is 32.1 Å². The Morgan fingerprint density at radius 3 is 2.50 bits per heavy atom. The van der Waals surface area contributed by atoms with Gasteiger partial charge in [-0.15, -0.1) is 0 Å². The largest absolute Gasteiger partial charge is 0.393 e. The van der Waals surface area contributed by atoms with Gasteiger partial charge in [0.15, 0.2) is 0 Å². The summed E-state index contributed by atoms with van der Waals surface area (Å²) >= 11 is 0. The van der Waals surface area contributed by atoms with Gasteiger partial charge in [0.1, 0.15) is 6.17 Å². The van der Waals surface area contributed by atoms with Crippen LogP contribution in [0, 0.1) is 17.8 Å². The fraction of sp³-hybridized carbons (Fsp3) is 1.00. The molecule has 1 saturated heterocycles. The van der Waals surface area contributed by atoms with Crippen LogP contribution in [0.3, 0.4) is 0 Å². The highest BCUT2D eigenvalue weighted by atomic mass is 19.1. The zero-order chi connectivity index (χ0) is 19.8. The van der Waals surface area contributed by atoms with Crippen LogP contribution in [-0.2, 0) is 4.74 Å². The number of likely N-dealkylation sites (tertiary alicyclic amines) is 1. The lowest BCUT2D eigenvalue weighted by Gasteiger charge is -2.37. The number of unbranched alkanes of at least 4 members (excludes halogenated alkanes) is 2. The van der Waals surface area contributed by atoms with E-state index in [1.165, 1.54) is 51.4 Å². The molecule has 1 N–H and O–H groups in total. The zero-order valence-corrected chi connectivity index (χ0v) is 18.2. The highest BCUT2D eigenvalue weighted by Gasteiger charge is 2.34. The Bertz CT molecular complexity index is 429. The van der Waals surface area contributed by atoms with Crippen LogP contribution in [0.5, 0.6) is 0 Å². The molecule has 3 nitrogen and oxygen atoms in total. The summed E-state index contributed by atoms with van der Waals surface area (Å²) in [6, 6.07) is 0.505. The summed E-state index contributed by atoms with van der Waals surface area (Å²) in [6.45, 7) is 5.79. The van der Waals surface area contributed by atoms with Crippen LogP contribution in [-0.4, -0.2) is 54.6 Å². The second-order valence-corrected chi connectivity index (χ2v) is 9.95. The lowest BCUT2D eigenvalue weighted by atomic mass is 9.70. The Hall–Kier alpha value is -0.190. The molecule has 5 atom stereocenters. The van der Waals surface area contributed by atoms with Crippen LogP contribution in [0.25, 0.3) is 0 Å². The molecular weight excluding hydrogens is 353 g/mol. The maximum Gasteiger partial charge on any atom is 0.105 e. The topological polar surface area (TPSA) is 32.7 Å². The van der Waals surface area contributed by atoms with Gasteiger partial charge in [-0.3, -0.25) is 0 Å². The molecule has 0 amide bonds. The number of rotatable bonds is 9. The van der Waals surface area contributed by atoms with E-state index in [-0.39, 0.29) is 12.0 Å². The molecule has 2 saturated carbocycles. The fourth-order valence-electron chi connectivity index (χ4n) is 5.89. The van der Waals surface area contributed by atoms with Crippen LogP contribution in [0.15, 0.2) is 0 Å². The Morgan fingerprint density at radius 1 is 0.929 bits per heavy atom. The van der Waals surface area contributed by atoms with Gasteiger partial charge < -0.3 is 14.7 Å². The van der Waals surface area contributed by atoms with Crippen LogP contribution < -0.4 is 0 Å². The Labute approximate surface area is 172 Å². The molecule has 0 aromatic rings. The second-order valence-electron chi connectivity index (χ2n) is 9.95. The van der Waals surface area contributed by atoms with Gasteiger partial charge >= 0.3 is 0 Å². The lowest BCUT2D eigenvalue weighted by Crippen LogP contribution is -2.42. The highest BCUT2D eigenvalue weighted by Crippen LogP contribution is 2.41. The van der Waals surface area contributed by atoms with E-state index in [2.05, 4.69) is 11.8 Å². The normalized spacial score (nSPS) is 35.9. The molecule has 28 heavy (non-hydrogen) atoms. The number of hydrogen-bond donors (Lipinski definition) is 1. The predicted molar refractivity (Wildman–Crippen MR) is 113 cm³/mol. The standard InChI is InChI=1S/C24H44FNO2/c1-19-16-23(27)12-14-26(19)13-6-3-7-15-28-18-22-11-10-21(17-24(22)25)20-8-4-2-5-9-20/h19-24,27H,2-18H2,1H3. The summed E-state index contributed by atoms with van der Waals surface area (Å²) in [7, 11) is 0. The van der Waals surface area contributed by atoms with E-state index in [0.29, 0.717) is 18.6 Å². The van der Waals surface area contributed by atoms with Crippen molar-refractivity contribution in [1.82, 2.24) is 4.90 Å². The molecule has 2 aliphatic carbocycles. The molecule has 1 heterocycles. The van der Waals surface area contributed by atoms with Crippen molar-refractivity contribution in [2.45, 2.75) is 109 Å². The van der Waals surface area contributed by atoms with Gasteiger partial charge in [0.05, 0.1) is 12.7 Å². The average Bonchev–Trinajstić information content (AvgIpc) is 2.70. The first kappa shape index (κ1) is 22.5. The van der Waals surface area contributed by atoms with E-state index < -0.39 is 6.17 Å². The van der Waals surface area contributed by atoms with E-state index in [9.17, 15) is 9.50 Å². The summed E-state index contributed by atoms with van der Waals surface area (Å²) in [5.74, 6) is 1.59. The minimum atomic E-state index is -0.642. The number of halogens is 1. The molecule has 3 rings (SSSR count). The predicted octanol–water partition coefficient (Wildman–Crippen LogP) is 5.35. The molecule has 0 radical (unpaired) electrons. The average molecular weight is 398 g/mol. The van der Waals surface area contributed by atoms with E-state index in [1.54, 1.807) is 0 Å². The molecule has 0 aromatic heterocycles. The van der Waals surface area contributed by atoms with Gasteiger partial charge in [-0.05, 0) is 76.7 Å². The molecule has 5 unspecified atom stereocenters. The lowest BCUT2D eigenvalue weighted by molar-refractivity contribution is 0.0163. The smallest absolute Gasteiger partial charge is 0.105 e. The quantitative estimate of drug-likeness (QED) is 0.532. The Morgan fingerprint density at radius 2 is 1.75 bits per heavy atom. The Kier molecular flexibility index (Phi) is 9.53. The summed E-state index contributed by atoms with van der Waals surface area (Å²) in [5, 5.41) is 9.70. The van der Waals surface area contributed by atoms with Crippen molar-refractivity contribution >= 4 is 0 Å². The molecule has 3 fully saturated rings. The van der Waals surface area contributed by atoms with Gasteiger partial charge in [0, 0.05) is 25.1 Å². The second kappa shape index (κ2) is 11.9. The first-order valence-electron chi connectivity index (χ1n) is 12.3. The summed E-state index contributed by atoms with van der Waals surface area (Å²) in [4.78, 5) is 2.51. The fourth-order valence-corrected chi connectivity index (χ4v) is 5.89. The summed E-state index contributed by atoms with van der Waals surface area (Å²) in [6.07, 6.45) is 14.4.